The topological polar surface area (TPSA) is 45.4 Å². The van der Waals surface area contributed by atoms with Crippen molar-refractivity contribution < 1.29 is 13.2 Å². The maximum atomic E-state index is 12.6. The van der Waals surface area contributed by atoms with E-state index in [0.717, 1.165) is 31.9 Å². The average Bonchev–Trinajstić information content (AvgIpc) is 2.37. The lowest BCUT2D eigenvalue weighted by atomic mass is 10.1. The Labute approximate surface area is 133 Å². The van der Waals surface area contributed by atoms with Crippen molar-refractivity contribution in [2.75, 3.05) is 37.6 Å². The zero-order valence-corrected chi connectivity index (χ0v) is 13.4. The monoisotopic (exact) mass is 336 g/mol. The number of anilines is 1. The molecule has 0 amide bonds. The highest BCUT2D eigenvalue weighted by Crippen LogP contribution is 2.33. The molecule has 1 aliphatic rings. The first-order chi connectivity index (χ1) is 10.1. The second-order valence-corrected chi connectivity index (χ2v) is 6.69. The SMILES string of the molecule is CC(C)(N)CN1CCN(c2ncc(C(F)(F)F)cc2Cl)CC1. The molecule has 0 radical (unpaired) electrons. The van der Waals surface area contributed by atoms with E-state index in [1.165, 1.54) is 0 Å². The van der Waals surface area contributed by atoms with Gasteiger partial charge in [0, 0.05) is 44.5 Å². The Morgan fingerprint density at radius 2 is 1.82 bits per heavy atom. The number of pyridine rings is 1. The van der Waals surface area contributed by atoms with Gasteiger partial charge in [-0.1, -0.05) is 11.6 Å². The molecule has 0 saturated carbocycles. The third-order valence-electron chi connectivity index (χ3n) is 3.45. The van der Waals surface area contributed by atoms with Crippen LogP contribution in [0.3, 0.4) is 0 Å². The quantitative estimate of drug-likeness (QED) is 0.921. The fourth-order valence-corrected chi connectivity index (χ4v) is 2.80. The van der Waals surface area contributed by atoms with Gasteiger partial charge in [-0.25, -0.2) is 4.98 Å². The predicted octanol–water partition coefficient (Wildman–Crippen LogP) is 2.61. The van der Waals surface area contributed by atoms with Crippen LogP contribution in [0.4, 0.5) is 19.0 Å². The Kier molecular flexibility index (Phi) is 4.89. The van der Waals surface area contributed by atoms with Crippen molar-refractivity contribution in [3.05, 3.63) is 22.8 Å². The Hall–Kier alpha value is -1.05. The smallest absolute Gasteiger partial charge is 0.353 e. The number of aromatic nitrogens is 1. The number of rotatable bonds is 3. The van der Waals surface area contributed by atoms with Crippen LogP contribution in [0.25, 0.3) is 0 Å². The van der Waals surface area contributed by atoms with Crippen LogP contribution in [0.5, 0.6) is 0 Å². The molecule has 1 aromatic heterocycles. The third-order valence-corrected chi connectivity index (χ3v) is 3.73. The van der Waals surface area contributed by atoms with Gasteiger partial charge in [0.15, 0.2) is 0 Å². The van der Waals surface area contributed by atoms with Gasteiger partial charge in [-0.3, -0.25) is 4.90 Å². The molecule has 4 nitrogen and oxygen atoms in total. The zero-order chi connectivity index (χ0) is 16.5. The largest absolute Gasteiger partial charge is 0.417 e. The van der Waals surface area contributed by atoms with Crippen molar-refractivity contribution in [2.24, 2.45) is 5.73 Å². The Bertz CT molecular complexity index is 520. The molecule has 1 aliphatic heterocycles. The van der Waals surface area contributed by atoms with Crippen LogP contribution < -0.4 is 10.6 Å². The summed E-state index contributed by atoms with van der Waals surface area (Å²) in [7, 11) is 0. The molecule has 0 aliphatic carbocycles. The van der Waals surface area contributed by atoms with E-state index in [-0.39, 0.29) is 10.6 Å². The van der Waals surface area contributed by atoms with Crippen LogP contribution >= 0.6 is 11.6 Å². The molecular weight excluding hydrogens is 317 g/mol. The lowest BCUT2D eigenvalue weighted by Gasteiger charge is -2.38. The Balaban J connectivity index is 2.03. The van der Waals surface area contributed by atoms with Gasteiger partial charge in [0.2, 0.25) is 0 Å². The van der Waals surface area contributed by atoms with Crippen molar-refractivity contribution >= 4 is 17.4 Å². The number of piperazine rings is 1. The summed E-state index contributed by atoms with van der Waals surface area (Å²) in [6, 6.07) is 0.930. The molecule has 22 heavy (non-hydrogen) atoms. The van der Waals surface area contributed by atoms with E-state index >= 15 is 0 Å². The molecule has 124 valence electrons. The first kappa shape index (κ1) is 17.3. The third kappa shape index (κ3) is 4.47. The molecular formula is C14H20ClF3N4. The molecule has 8 heteroatoms. The van der Waals surface area contributed by atoms with E-state index in [4.69, 9.17) is 17.3 Å². The molecule has 2 N–H and O–H groups in total. The summed E-state index contributed by atoms with van der Waals surface area (Å²) in [5.74, 6) is 0.404. The molecule has 1 aromatic rings. The minimum Gasteiger partial charge on any atom is -0.353 e. The van der Waals surface area contributed by atoms with E-state index in [1.54, 1.807) is 0 Å². The zero-order valence-electron chi connectivity index (χ0n) is 12.6. The van der Waals surface area contributed by atoms with E-state index in [0.29, 0.717) is 18.9 Å². The van der Waals surface area contributed by atoms with Crippen molar-refractivity contribution in [1.29, 1.82) is 0 Å². The maximum absolute atomic E-state index is 12.6. The van der Waals surface area contributed by atoms with E-state index in [2.05, 4.69) is 9.88 Å². The lowest BCUT2D eigenvalue weighted by molar-refractivity contribution is -0.137. The van der Waals surface area contributed by atoms with Crippen LogP contribution in [0.15, 0.2) is 12.3 Å². The Morgan fingerprint density at radius 3 is 2.27 bits per heavy atom. The highest BCUT2D eigenvalue weighted by molar-refractivity contribution is 6.33. The highest BCUT2D eigenvalue weighted by Gasteiger charge is 2.32. The standard InChI is InChI=1S/C14H20ClF3N4/c1-13(2,19)9-21-3-5-22(6-4-21)12-11(15)7-10(8-20-12)14(16,17)18/h7-8H,3-6,9,19H2,1-2H3. The summed E-state index contributed by atoms with van der Waals surface area (Å²) in [6.45, 7) is 7.58. The van der Waals surface area contributed by atoms with Gasteiger partial charge >= 0.3 is 6.18 Å². The van der Waals surface area contributed by atoms with Crippen LogP contribution in [-0.2, 0) is 6.18 Å². The van der Waals surface area contributed by atoms with Gasteiger partial charge in [0.25, 0.3) is 0 Å². The molecule has 2 rings (SSSR count). The molecule has 0 atom stereocenters. The number of nitrogens with two attached hydrogens (primary N) is 1. The molecule has 0 spiro atoms. The number of alkyl halides is 3. The van der Waals surface area contributed by atoms with Gasteiger partial charge < -0.3 is 10.6 Å². The molecule has 2 heterocycles. The molecule has 1 fully saturated rings. The number of nitrogens with zero attached hydrogens (tertiary/aromatic N) is 3. The Morgan fingerprint density at radius 1 is 1.23 bits per heavy atom. The van der Waals surface area contributed by atoms with Crippen LogP contribution in [0.1, 0.15) is 19.4 Å². The second-order valence-electron chi connectivity index (χ2n) is 6.28. The summed E-state index contributed by atoms with van der Waals surface area (Å²) in [6.07, 6.45) is -3.60. The fraction of sp³-hybridized carbons (Fsp3) is 0.643. The first-order valence-electron chi connectivity index (χ1n) is 7.05. The summed E-state index contributed by atoms with van der Waals surface area (Å²) >= 11 is 5.97. The lowest BCUT2D eigenvalue weighted by Crippen LogP contribution is -2.53. The summed E-state index contributed by atoms with van der Waals surface area (Å²) < 4.78 is 37.9. The van der Waals surface area contributed by atoms with Gasteiger partial charge in [-0.15, -0.1) is 0 Å². The minimum absolute atomic E-state index is 0.0300. The van der Waals surface area contributed by atoms with Gasteiger partial charge in [-0.05, 0) is 19.9 Å². The molecule has 0 aromatic carbocycles. The number of hydrogen-bond acceptors (Lipinski definition) is 4. The van der Waals surface area contributed by atoms with Crippen LogP contribution in [0.2, 0.25) is 5.02 Å². The van der Waals surface area contributed by atoms with Crippen LogP contribution in [-0.4, -0.2) is 48.1 Å². The van der Waals surface area contributed by atoms with E-state index in [9.17, 15) is 13.2 Å². The second kappa shape index (κ2) is 6.22. The summed E-state index contributed by atoms with van der Waals surface area (Å²) in [4.78, 5) is 8.03. The molecule has 1 saturated heterocycles. The maximum Gasteiger partial charge on any atom is 0.417 e. The van der Waals surface area contributed by atoms with Gasteiger partial charge in [0.1, 0.15) is 5.82 Å². The fourth-order valence-electron chi connectivity index (χ4n) is 2.51. The summed E-state index contributed by atoms with van der Waals surface area (Å²) in [5.41, 5.74) is 4.90. The van der Waals surface area contributed by atoms with E-state index in [1.807, 2.05) is 18.7 Å². The van der Waals surface area contributed by atoms with Gasteiger partial charge in [0.05, 0.1) is 10.6 Å². The predicted molar refractivity (Wildman–Crippen MR) is 81.2 cm³/mol. The number of halogens is 4. The number of hydrogen-bond donors (Lipinski definition) is 1. The van der Waals surface area contributed by atoms with Crippen LogP contribution in [0, 0.1) is 0 Å². The average molecular weight is 337 g/mol. The van der Waals surface area contributed by atoms with E-state index < -0.39 is 11.7 Å². The highest BCUT2D eigenvalue weighted by atomic mass is 35.5. The molecule has 0 bridgehead atoms. The van der Waals surface area contributed by atoms with Crippen molar-refractivity contribution in [2.45, 2.75) is 25.6 Å². The van der Waals surface area contributed by atoms with Gasteiger partial charge in [-0.2, -0.15) is 13.2 Å². The normalized spacial score (nSPS) is 17.9. The van der Waals surface area contributed by atoms with Crippen molar-refractivity contribution in [3.63, 3.8) is 0 Å². The minimum atomic E-state index is -4.43. The van der Waals surface area contributed by atoms with Crippen molar-refractivity contribution in [1.82, 2.24) is 9.88 Å². The first-order valence-corrected chi connectivity index (χ1v) is 7.43. The molecule has 0 unspecified atom stereocenters. The van der Waals surface area contributed by atoms with Crippen molar-refractivity contribution in [3.8, 4) is 0 Å². The summed E-state index contributed by atoms with van der Waals surface area (Å²) in [5, 5.41) is 0.0300.